The summed E-state index contributed by atoms with van der Waals surface area (Å²) in [5.74, 6) is 2.65. The molecule has 1 amide bonds. The molecule has 16 heavy (non-hydrogen) atoms. The van der Waals surface area contributed by atoms with Crippen molar-refractivity contribution in [1.82, 2.24) is 10.2 Å². The van der Waals surface area contributed by atoms with E-state index in [1.54, 1.807) is 0 Å². The maximum absolute atomic E-state index is 11.7. The summed E-state index contributed by atoms with van der Waals surface area (Å²) < 4.78 is 5.28. The van der Waals surface area contributed by atoms with Crippen LogP contribution in [0.5, 0.6) is 0 Å². The number of carbonyl (C=O) groups is 1. The van der Waals surface area contributed by atoms with Gasteiger partial charge in [-0.25, -0.2) is 0 Å². The number of ether oxygens (including phenoxy) is 1. The maximum atomic E-state index is 11.7. The van der Waals surface area contributed by atoms with Crippen LogP contribution in [-0.2, 0) is 9.53 Å². The molecule has 4 nitrogen and oxygen atoms in total. The fourth-order valence-corrected chi connectivity index (χ4v) is 3.27. The first-order chi connectivity index (χ1) is 7.86. The van der Waals surface area contributed by atoms with E-state index < -0.39 is 0 Å². The quantitative estimate of drug-likeness (QED) is 0.766. The Morgan fingerprint density at radius 1 is 1.44 bits per heavy atom. The second kappa shape index (κ2) is 6.47. The number of hydrogen-bond donors (Lipinski definition) is 1. The average Bonchev–Trinajstić information content (AvgIpc) is 2.84. The molecule has 1 atom stereocenters. The molecule has 5 heteroatoms. The lowest BCUT2D eigenvalue weighted by molar-refractivity contribution is -0.124. The van der Waals surface area contributed by atoms with Crippen LogP contribution in [0.3, 0.4) is 0 Å². The number of hydrogen-bond acceptors (Lipinski definition) is 4. The molecule has 2 saturated heterocycles. The van der Waals surface area contributed by atoms with Gasteiger partial charge in [0, 0.05) is 37.8 Å². The first kappa shape index (κ1) is 12.2. The van der Waals surface area contributed by atoms with Crippen LogP contribution >= 0.6 is 11.8 Å². The largest absolute Gasteiger partial charge is 0.379 e. The van der Waals surface area contributed by atoms with Crippen LogP contribution in [0.15, 0.2) is 0 Å². The van der Waals surface area contributed by atoms with Gasteiger partial charge in [0.2, 0.25) is 5.91 Å². The van der Waals surface area contributed by atoms with Crippen LogP contribution in [-0.4, -0.2) is 61.7 Å². The van der Waals surface area contributed by atoms with Crippen molar-refractivity contribution < 1.29 is 9.53 Å². The molecule has 0 saturated carbocycles. The van der Waals surface area contributed by atoms with Gasteiger partial charge in [0.25, 0.3) is 0 Å². The van der Waals surface area contributed by atoms with E-state index in [4.69, 9.17) is 4.74 Å². The van der Waals surface area contributed by atoms with E-state index in [1.807, 2.05) is 11.8 Å². The van der Waals surface area contributed by atoms with Gasteiger partial charge in [-0.1, -0.05) is 0 Å². The highest BCUT2D eigenvalue weighted by atomic mass is 32.2. The maximum Gasteiger partial charge on any atom is 0.224 e. The van der Waals surface area contributed by atoms with Gasteiger partial charge in [-0.2, -0.15) is 11.8 Å². The van der Waals surface area contributed by atoms with Crippen LogP contribution in [0.1, 0.15) is 6.42 Å². The smallest absolute Gasteiger partial charge is 0.224 e. The molecule has 0 aliphatic carbocycles. The summed E-state index contributed by atoms with van der Waals surface area (Å²) in [6.45, 7) is 5.37. The lowest BCUT2D eigenvalue weighted by atomic mass is 10.1. The Morgan fingerprint density at radius 3 is 2.94 bits per heavy atom. The van der Waals surface area contributed by atoms with E-state index in [1.165, 1.54) is 0 Å². The van der Waals surface area contributed by atoms with Crippen molar-refractivity contribution in [3.8, 4) is 0 Å². The molecule has 0 bridgehead atoms. The zero-order valence-electron chi connectivity index (χ0n) is 9.61. The van der Waals surface area contributed by atoms with Gasteiger partial charge in [-0.05, 0) is 12.2 Å². The standard InChI is InChI=1S/C11H20N2O2S/c14-11(10-1-8-16-9-10)12-2-3-13-4-6-15-7-5-13/h10H,1-9H2,(H,12,14). The number of morpholine rings is 1. The van der Waals surface area contributed by atoms with Crippen molar-refractivity contribution in [3.05, 3.63) is 0 Å². The number of thioether (sulfide) groups is 1. The number of amides is 1. The van der Waals surface area contributed by atoms with Gasteiger partial charge in [-0.3, -0.25) is 9.69 Å². The van der Waals surface area contributed by atoms with E-state index >= 15 is 0 Å². The van der Waals surface area contributed by atoms with E-state index in [2.05, 4.69) is 10.2 Å². The van der Waals surface area contributed by atoms with Crippen molar-refractivity contribution in [2.75, 3.05) is 50.9 Å². The summed E-state index contributed by atoms with van der Waals surface area (Å²) in [5, 5.41) is 3.04. The van der Waals surface area contributed by atoms with Crippen molar-refractivity contribution in [1.29, 1.82) is 0 Å². The lowest BCUT2D eigenvalue weighted by Gasteiger charge is -2.26. The molecule has 1 N–H and O–H groups in total. The molecule has 0 aromatic heterocycles. The molecule has 2 aliphatic heterocycles. The van der Waals surface area contributed by atoms with E-state index in [0.29, 0.717) is 0 Å². The van der Waals surface area contributed by atoms with Crippen LogP contribution in [0.2, 0.25) is 0 Å². The summed E-state index contributed by atoms with van der Waals surface area (Å²) in [6.07, 6.45) is 1.05. The molecule has 0 aromatic carbocycles. The van der Waals surface area contributed by atoms with E-state index in [-0.39, 0.29) is 11.8 Å². The van der Waals surface area contributed by atoms with Crippen molar-refractivity contribution >= 4 is 17.7 Å². The first-order valence-corrected chi connectivity index (χ1v) is 7.17. The SMILES string of the molecule is O=C(NCCN1CCOCC1)C1CCSC1. The predicted octanol–water partition coefficient (Wildman–Crippen LogP) is 0.188. The fraction of sp³-hybridized carbons (Fsp3) is 0.909. The number of nitrogens with one attached hydrogen (secondary N) is 1. The Morgan fingerprint density at radius 2 is 2.25 bits per heavy atom. The monoisotopic (exact) mass is 244 g/mol. The van der Waals surface area contributed by atoms with Crippen molar-refractivity contribution in [2.24, 2.45) is 5.92 Å². The van der Waals surface area contributed by atoms with Gasteiger partial charge in [0.15, 0.2) is 0 Å². The summed E-state index contributed by atoms with van der Waals surface area (Å²) in [4.78, 5) is 14.1. The minimum atomic E-state index is 0.248. The highest BCUT2D eigenvalue weighted by molar-refractivity contribution is 7.99. The molecular weight excluding hydrogens is 224 g/mol. The van der Waals surface area contributed by atoms with Crippen molar-refractivity contribution in [2.45, 2.75) is 6.42 Å². The van der Waals surface area contributed by atoms with Crippen LogP contribution in [0.25, 0.3) is 0 Å². The third-order valence-corrected chi connectivity index (χ3v) is 4.29. The Labute approximate surface area is 101 Å². The zero-order valence-corrected chi connectivity index (χ0v) is 10.4. The normalized spacial score (nSPS) is 26.9. The van der Waals surface area contributed by atoms with E-state index in [0.717, 1.165) is 57.3 Å². The molecule has 2 aliphatic rings. The fourth-order valence-electron chi connectivity index (χ4n) is 2.05. The molecule has 0 radical (unpaired) electrons. The van der Waals surface area contributed by atoms with Crippen molar-refractivity contribution in [3.63, 3.8) is 0 Å². The second-order valence-corrected chi connectivity index (χ2v) is 5.46. The van der Waals surface area contributed by atoms with Gasteiger partial charge >= 0.3 is 0 Å². The summed E-state index contributed by atoms with van der Waals surface area (Å²) in [5.41, 5.74) is 0. The highest BCUT2D eigenvalue weighted by Gasteiger charge is 2.22. The van der Waals surface area contributed by atoms with Crippen LogP contribution < -0.4 is 5.32 Å². The minimum Gasteiger partial charge on any atom is -0.379 e. The lowest BCUT2D eigenvalue weighted by Crippen LogP contribution is -2.42. The van der Waals surface area contributed by atoms with Crippen LogP contribution in [0, 0.1) is 5.92 Å². The highest BCUT2D eigenvalue weighted by Crippen LogP contribution is 2.23. The van der Waals surface area contributed by atoms with Gasteiger partial charge in [0.1, 0.15) is 0 Å². The Hall–Kier alpha value is -0.260. The van der Waals surface area contributed by atoms with E-state index in [9.17, 15) is 4.79 Å². The minimum absolute atomic E-state index is 0.248. The van der Waals surface area contributed by atoms with Gasteiger partial charge < -0.3 is 10.1 Å². The molecule has 0 spiro atoms. The molecule has 0 aromatic rings. The number of rotatable bonds is 4. The summed E-state index contributed by atoms with van der Waals surface area (Å²) >= 11 is 1.88. The molecule has 1 unspecified atom stereocenters. The molecule has 2 fully saturated rings. The molecule has 2 rings (SSSR count). The average molecular weight is 244 g/mol. The van der Waals surface area contributed by atoms with Gasteiger partial charge in [0.05, 0.1) is 13.2 Å². The third-order valence-electron chi connectivity index (χ3n) is 3.13. The predicted molar refractivity (Wildman–Crippen MR) is 65.7 cm³/mol. The zero-order chi connectivity index (χ0) is 11.2. The van der Waals surface area contributed by atoms with Gasteiger partial charge in [-0.15, -0.1) is 0 Å². The number of carbonyl (C=O) groups excluding carboxylic acids is 1. The summed E-state index contributed by atoms with van der Waals surface area (Å²) in [7, 11) is 0. The second-order valence-electron chi connectivity index (χ2n) is 4.31. The first-order valence-electron chi connectivity index (χ1n) is 6.02. The summed E-state index contributed by atoms with van der Waals surface area (Å²) in [6, 6.07) is 0. The Bertz CT molecular complexity index is 226. The third kappa shape index (κ3) is 3.64. The topological polar surface area (TPSA) is 41.6 Å². The Balaban J connectivity index is 1.57. The molecule has 2 heterocycles. The Kier molecular flexibility index (Phi) is 4.93. The number of nitrogens with zero attached hydrogens (tertiary/aromatic N) is 1. The van der Waals surface area contributed by atoms with Crippen LogP contribution in [0.4, 0.5) is 0 Å². The molecular formula is C11H20N2O2S. The molecule has 92 valence electrons.